The molecule has 0 fully saturated rings. The maximum Gasteiger partial charge on any atom is 0.359 e. The third-order valence-corrected chi connectivity index (χ3v) is 2.85. The molecule has 0 unspecified atom stereocenters. The van der Waals surface area contributed by atoms with Crippen molar-refractivity contribution in [2.75, 3.05) is 0 Å². The Morgan fingerprint density at radius 2 is 1.80 bits per heavy atom. The van der Waals surface area contributed by atoms with Crippen molar-refractivity contribution in [3.63, 3.8) is 0 Å². The van der Waals surface area contributed by atoms with Crippen LogP contribution in [0.3, 0.4) is 0 Å². The van der Waals surface area contributed by atoms with Gasteiger partial charge in [-0.15, -0.1) is 0 Å². The summed E-state index contributed by atoms with van der Waals surface area (Å²) in [6.45, 7) is 2.12. The maximum atomic E-state index is 5.56. The van der Waals surface area contributed by atoms with Crippen LogP contribution in [0.25, 0.3) is 11.3 Å². The van der Waals surface area contributed by atoms with Gasteiger partial charge in [-0.1, -0.05) is 22.9 Å². The Morgan fingerprint density at radius 3 is 2.33 bits per heavy atom. The summed E-state index contributed by atoms with van der Waals surface area (Å²) < 4.78 is 6.64. The molecule has 0 spiro atoms. The molecule has 0 aliphatic heterocycles. The summed E-state index contributed by atoms with van der Waals surface area (Å²) in [6, 6.07) is 12.2. The van der Waals surface area contributed by atoms with Gasteiger partial charge in [0.2, 0.25) is 0 Å². The lowest BCUT2D eigenvalue weighted by Gasteiger charge is -1.93. The van der Waals surface area contributed by atoms with Gasteiger partial charge in [-0.3, -0.25) is 0 Å². The summed E-state index contributed by atoms with van der Waals surface area (Å²) in [5, 5.41) is 0. The van der Waals surface area contributed by atoms with Gasteiger partial charge in [-0.2, -0.15) is 0 Å². The number of rotatable bonds is 2. The first-order valence-electron chi connectivity index (χ1n) is 4.96. The Bertz CT molecular complexity index is 431. The molecule has 0 radical (unpaired) electrons. The first-order valence-corrected chi connectivity index (χ1v) is 5.75. The van der Waals surface area contributed by atoms with Crippen LogP contribution in [-0.4, -0.2) is 0 Å². The minimum absolute atomic E-state index is 0.903. The molecule has 0 N–H and O–H groups in total. The predicted octanol–water partition coefficient (Wildman–Crippen LogP) is 4.55. The first-order chi connectivity index (χ1) is 7.29. The molecule has 0 saturated heterocycles. The molecule has 1 aromatic carbocycles. The average Bonchev–Trinajstić information content (AvgIpc) is 2.30. The highest BCUT2D eigenvalue weighted by Gasteiger charge is 2.10. The Hall–Kier alpha value is -1.15. The van der Waals surface area contributed by atoms with Gasteiger partial charge in [0.05, 0.1) is 5.56 Å². The topological polar surface area (TPSA) is 11.3 Å². The van der Waals surface area contributed by atoms with Crippen LogP contribution >= 0.6 is 15.9 Å². The summed E-state index contributed by atoms with van der Waals surface area (Å²) in [6.07, 6.45) is 2.82. The highest BCUT2D eigenvalue weighted by Crippen LogP contribution is 2.22. The van der Waals surface area contributed by atoms with E-state index < -0.39 is 0 Å². The van der Waals surface area contributed by atoms with Crippen LogP contribution in [0, 0.1) is 0 Å². The van der Waals surface area contributed by atoms with Gasteiger partial charge >= 0.3 is 12.0 Å². The van der Waals surface area contributed by atoms with Crippen molar-refractivity contribution in [2.45, 2.75) is 13.3 Å². The van der Waals surface area contributed by atoms with E-state index >= 15 is 0 Å². The number of benzene rings is 1. The van der Waals surface area contributed by atoms with Crippen LogP contribution < -0.4 is 0 Å². The molecule has 2 rings (SSSR count). The molecule has 0 amide bonds. The smallest absolute Gasteiger partial charge is 0.215 e. The molecule has 2 aromatic rings. The van der Waals surface area contributed by atoms with Crippen molar-refractivity contribution in [1.82, 2.24) is 0 Å². The molecular formula is C13H12BrO+. The third kappa shape index (κ3) is 2.45. The fraction of sp³-hybridized carbons (Fsp3) is 0.154. The van der Waals surface area contributed by atoms with Gasteiger partial charge in [0.25, 0.3) is 0 Å². The first kappa shape index (κ1) is 10.4. The fourth-order valence-corrected chi connectivity index (χ4v) is 1.64. The van der Waals surface area contributed by atoms with Crippen molar-refractivity contribution < 1.29 is 4.42 Å². The molecular weight excluding hydrogens is 252 g/mol. The van der Waals surface area contributed by atoms with Crippen molar-refractivity contribution in [1.29, 1.82) is 0 Å². The summed E-state index contributed by atoms with van der Waals surface area (Å²) >= 11 is 3.41. The van der Waals surface area contributed by atoms with E-state index in [4.69, 9.17) is 4.42 Å². The van der Waals surface area contributed by atoms with Crippen LogP contribution in [0.4, 0.5) is 0 Å². The Balaban J connectivity index is 2.33. The standard InChI is InChI=1S/C13H12BrO/c1-2-10-3-8-13(15-9-10)11-4-6-12(14)7-5-11/h3-9H,2H2,1H3/q+1. The second kappa shape index (κ2) is 4.58. The van der Waals surface area contributed by atoms with Gasteiger partial charge in [0, 0.05) is 16.1 Å². The SMILES string of the molecule is CCc1ccc(-c2ccc(Br)cc2)[o+]c1. The number of hydrogen-bond donors (Lipinski definition) is 0. The number of hydrogen-bond acceptors (Lipinski definition) is 0. The molecule has 1 nitrogen and oxygen atoms in total. The average molecular weight is 264 g/mol. The van der Waals surface area contributed by atoms with Gasteiger partial charge in [0.1, 0.15) is 0 Å². The molecule has 15 heavy (non-hydrogen) atoms. The lowest BCUT2D eigenvalue weighted by Crippen LogP contribution is -1.81. The minimum atomic E-state index is 0.903. The summed E-state index contributed by atoms with van der Waals surface area (Å²) in [7, 11) is 0. The lowest BCUT2D eigenvalue weighted by atomic mass is 10.1. The lowest BCUT2D eigenvalue weighted by molar-refractivity contribution is 0.558. The number of halogens is 1. The van der Waals surface area contributed by atoms with Crippen LogP contribution in [0.15, 0.2) is 51.6 Å². The molecule has 0 aliphatic carbocycles. The van der Waals surface area contributed by atoms with Gasteiger partial charge in [0.15, 0.2) is 0 Å². The highest BCUT2D eigenvalue weighted by molar-refractivity contribution is 9.10. The Labute approximate surface area is 97.9 Å². The van der Waals surface area contributed by atoms with E-state index in [9.17, 15) is 0 Å². The molecule has 1 heterocycles. The van der Waals surface area contributed by atoms with E-state index in [2.05, 4.69) is 28.9 Å². The van der Waals surface area contributed by atoms with Crippen LogP contribution in [-0.2, 0) is 6.42 Å². The second-order valence-electron chi connectivity index (χ2n) is 3.37. The molecule has 1 aromatic heterocycles. The summed E-state index contributed by atoms with van der Waals surface area (Å²) in [5.41, 5.74) is 2.32. The van der Waals surface area contributed by atoms with Crippen LogP contribution in [0.1, 0.15) is 12.5 Å². The molecule has 0 bridgehead atoms. The van der Waals surface area contributed by atoms with Gasteiger partial charge < -0.3 is 0 Å². The normalized spacial score (nSPS) is 10.3. The molecule has 2 heteroatoms. The summed E-state index contributed by atoms with van der Waals surface area (Å²) in [4.78, 5) is 0. The molecule has 76 valence electrons. The molecule has 0 atom stereocenters. The fourth-order valence-electron chi connectivity index (χ4n) is 1.38. The van der Waals surface area contributed by atoms with Gasteiger partial charge in [-0.05, 0) is 36.8 Å². The predicted molar refractivity (Wildman–Crippen MR) is 65.6 cm³/mol. The van der Waals surface area contributed by atoms with Crippen LogP contribution in [0.5, 0.6) is 0 Å². The zero-order valence-electron chi connectivity index (χ0n) is 8.53. The zero-order chi connectivity index (χ0) is 10.7. The van der Waals surface area contributed by atoms with Crippen molar-refractivity contribution in [2.24, 2.45) is 0 Å². The Morgan fingerprint density at radius 1 is 1.07 bits per heavy atom. The van der Waals surface area contributed by atoms with E-state index in [-0.39, 0.29) is 0 Å². The van der Waals surface area contributed by atoms with E-state index in [1.54, 1.807) is 0 Å². The van der Waals surface area contributed by atoms with Crippen molar-refractivity contribution in [3.8, 4) is 11.3 Å². The maximum absolute atomic E-state index is 5.56. The second-order valence-corrected chi connectivity index (χ2v) is 4.28. The van der Waals surface area contributed by atoms with E-state index in [1.807, 2.05) is 36.6 Å². The third-order valence-electron chi connectivity index (χ3n) is 2.32. The van der Waals surface area contributed by atoms with E-state index in [0.29, 0.717) is 0 Å². The van der Waals surface area contributed by atoms with Crippen molar-refractivity contribution >= 4 is 15.9 Å². The summed E-state index contributed by atoms with van der Waals surface area (Å²) in [5.74, 6) is 0.903. The minimum Gasteiger partial charge on any atom is -0.215 e. The van der Waals surface area contributed by atoms with Crippen LogP contribution in [0.2, 0.25) is 0 Å². The van der Waals surface area contributed by atoms with E-state index in [1.165, 1.54) is 5.56 Å². The zero-order valence-corrected chi connectivity index (χ0v) is 10.1. The molecule has 0 saturated carbocycles. The van der Waals surface area contributed by atoms with Gasteiger partial charge in [-0.25, -0.2) is 4.42 Å². The van der Waals surface area contributed by atoms with Crippen molar-refractivity contribution in [3.05, 3.63) is 52.7 Å². The number of aryl methyl sites for hydroxylation is 1. The largest absolute Gasteiger partial charge is 0.359 e. The molecule has 0 aliphatic rings. The highest BCUT2D eigenvalue weighted by atomic mass is 79.9. The monoisotopic (exact) mass is 263 g/mol. The quantitative estimate of drug-likeness (QED) is 0.724. The van der Waals surface area contributed by atoms with E-state index in [0.717, 1.165) is 22.2 Å². The Kier molecular flexibility index (Phi) is 3.17.